The zero-order valence-corrected chi connectivity index (χ0v) is 9.75. The van der Waals surface area contributed by atoms with Gasteiger partial charge in [-0.2, -0.15) is 0 Å². The van der Waals surface area contributed by atoms with Gasteiger partial charge in [-0.1, -0.05) is 12.1 Å². The van der Waals surface area contributed by atoms with Crippen LogP contribution in [0.4, 0.5) is 10.1 Å². The van der Waals surface area contributed by atoms with Crippen molar-refractivity contribution in [3.05, 3.63) is 64.0 Å². The third kappa shape index (κ3) is 3.05. The van der Waals surface area contributed by atoms with E-state index in [9.17, 15) is 14.5 Å². The summed E-state index contributed by atoms with van der Waals surface area (Å²) in [7, 11) is 0. The zero-order valence-electron chi connectivity index (χ0n) is 9.75. The molecule has 0 saturated carbocycles. The molecule has 0 radical (unpaired) electrons. The van der Waals surface area contributed by atoms with Gasteiger partial charge in [-0.3, -0.25) is 10.1 Å². The summed E-state index contributed by atoms with van der Waals surface area (Å²) >= 11 is 0. The molecular weight excluding hydrogens is 253 g/mol. The summed E-state index contributed by atoms with van der Waals surface area (Å²) in [5.74, 6) is -0.580. The number of nitro groups is 1. The van der Waals surface area contributed by atoms with Crippen molar-refractivity contribution in [1.82, 2.24) is 0 Å². The largest absolute Gasteiger partial charge is 0.454 e. The van der Waals surface area contributed by atoms with Crippen LogP contribution in [0, 0.1) is 15.9 Å². The number of hydrogen-bond acceptors (Lipinski definition) is 4. The summed E-state index contributed by atoms with van der Waals surface area (Å²) in [6.07, 6.45) is 0. The Hall–Kier alpha value is -2.47. The van der Waals surface area contributed by atoms with Crippen LogP contribution in [0.5, 0.6) is 11.5 Å². The molecule has 98 valence electrons. The highest BCUT2D eigenvalue weighted by atomic mass is 19.1. The minimum atomic E-state index is -0.816. The molecule has 0 aliphatic heterocycles. The van der Waals surface area contributed by atoms with E-state index in [1.54, 1.807) is 24.3 Å². The van der Waals surface area contributed by atoms with Crippen LogP contribution in [-0.4, -0.2) is 10.0 Å². The number of nitro benzene ring substituents is 1. The third-order valence-electron chi connectivity index (χ3n) is 2.44. The molecule has 1 N–H and O–H groups in total. The quantitative estimate of drug-likeness (QED) is 0.679. The van der Waals surface area contributed by atoms with Crippen molar-refractivity contribution in [2.45, 2.75) is 6.61 Å². The molecule has 0 bridgehead atoms. The van der Waals surface area contributed by atoms with Crippen molar-refractivity contribution in [2.24, 2.45) is 0 Å². The fourth-order valence-corrected chi connectivity index (χ4v) is 1.52. The van der Waals surface area contributed by atoms with E-state index >= 15 is 0 Å². The molecular formula is C13H10FNO4. The number of nitrogens with zero attached hydrogens (tertiary/aromatic N) is 1. The predicted molar refractivity (Wildman–Crippen MR) is 65.5 cm³/mol. The van der Waals surface area contributed by atoms with E-state index < -0.39 is 10.7 Å². The molecule has 2 rings (SSSR count). The van der Waals surface area contributed by atoms with Crippen molar-refractivity contribution in [1.29, 1.82) is 0 Å². The van der Waals surface area contributed by atoms with Gasteiger partial charge in [0.15, 0.2) is 11.6 Å². The molecule has 0 aliphatic rings. The van der Waals surface area contributed by atoms with Crippen molar-refractivity contribution in [3.8, 4) is 11.5 Å². The van der Waals surface area contributed by atoms with Crippen LogP contribution in [0.3, 0.4) is 0 Å². The lowest BCUT2D eigenvalue weighted by Crippen LogP contribution is -1.93. The summed E-state index contributed by atoms with van der Waals surface area (Å²) in [6, 6.07) is 9.66. The first-order valence-corrected chi connectivity index (χ1v) is 5.42. The second kappa shape index (κ2) is 5.45. The van der Waals surface area contributed by atoms with Gasteiger partial charge in [0, 0.05) is 6.07 Å². The fourth-order valence-electron chi connectivity index (χ4n) is 1.52. The van der Waals surface area contributed by atoms with Gasteiger partial charge >= 0.3 is 0 Å². The third-order valence-corrected chi connectivity index (χ3v) is 2.44. The summed E-state index contributed by atoms with van der Waals surface area (Å²) in [6.45, 7) is -0.153. The standard InChI is InChI=1S/C13H10FNO4/c14-12-7-10(15(17)18)4-5-13(12)19-11-3-1-2-9(6-11)8-16/h1-7,16H,8H2. The lowest BCUT2D eigenvalue weighted by atomic mass is 10.2. The Balaban J connectivity index is 2.25. The SMILES string of the molecule is O=[N+]([O-])c1ccc(Oc2cccc(CO)c2)c(F)c1. The number of halogens is 1. The van der Waals surface area contributed by atoms with Crippen LogP contribution in [0.2, 0.25) is 0 Å². The van der Waals surface area contributed by atoms with Crippen LogP contribution >= 0.6 is 0 Å². The molecule has 0 amide bonds. The molecule has 0 atom stereocenters. The summed E-state index contributed by atoms with van der Waals surface area (Å²) in [5.41, 5.74) is 0.286. The summed E-state index contributed by atoms with van der Waals surface area (Å²) < 4.78 is 18.9. The first kappa shape index (κ1) is 13.0. The number of ether oxygens (including phenoxy) is 1. The van der Waals surface area contributed by atoms with Crippen LogP contribution in [-0.2, 0) is 6.61 Å². The van der Waals surface area contributed by atoms with Crippen molar-refractivity contribution >= 4 is 5.69 Å². The Kier molecular flexibility index (Phi) is 3.72. The molecule has 0 aromatic heterocycles. The molecule has 5 nitrogen and oxygen atoms in total. The van der Waals surface area contributed by atoms with Crippen LogP contribution in [0.15, 0.2) is 42.5 Å². The first-order chi connectivity index (χ1) is 9.10. The Morgan fingerprint density at radius 1 is 1.26 bits per heavy atom. The minimum absolute atomic E-state index is 0.110. The molecule has 0 spiro atoms. The van der Waals surface area contributed by atoms with Gasteiger partial charge in [0.25, 0.3) is 5.69 Å². The van der Waals surface area contributed by atoms with Crippen LogP contribution in [0.1, 0.15) is 5.56 Å². The monoisotopic (exact) mass is 263 g/mol. The number of non-ortho nitro benzene ring substituents is 1. The smallest absolute Gasteiger partial charge is 0.272 e. The van der Waals surface area contributed by atoms with Gasteiger partial charge in [0.1, 0.15) is 5.75 Å². The zero-order chi connectivity index (χ0) is 13.8. The predicted octanol–water partition coefficient (Wildman–Crippen LogP) is 3.02. The van der Waals surface area contributed by atoms with E-state index in [0.29, 0.717) is 11.3 Å². The number of aliphatic hydroxyl groups excluding tert-OH is 1. The molecule has 0 aliphatic carbocycles. The maximum atomic E-state index is 13.6. The van der Waals surface area contributed by atoms with Crippen LogP contribution < -0.4 is 4.74 Å². The van der Waals surface area contributed by atoms with E-state index in [1.165, 1.54) is 6.07 Å². The summed E-state index contributed by atoms with van der Waals surface area (Å²) in [5, 5.41) is 19.5. The Morgan fingerprint density at radius 3 is 2.68 bits per heavy atom. The Morgan fingerprint density at radius 2 is 2.05 bits per heavy atom. The maximum absolute atomic E-state index is 13.6. The average Bonchev–Trinajstić information content (AvgIpc) is 2.41. The van der Waals surface area contributed by atoms with Crippen LogP contribution in [0.25, 0.3) is 0 Å². The maximum Gasteiger partial charge on any atom is 0.272 e. The molecule has 19 heavy (non-hydrogen) atoms. The highest BCUT2D eigenvalue weighted by Crippen LogP contribution is 2.27. The second-order valence-electron chi connectivity index (χ2n) is 3.78. The average molecular weight is 263 g/mol. The van der Waals surface area contributed by atoms with Crippen molar-refractivity contribution in [2.75, 3.05) is 0 Å². The Labute approximate surface area is 108 Å². The van der Waals surface area contributed by atoms with E-state index in [-0.39, 0.29) is 18.0 Å². The molecule has 2 aromatic carbocycles. The fraction of sp³-hybridized carbons (Fsp3) is 0.0769. The highest BCUT2D eigenvalue weighted by Gasteiger charge is 2.12. The topological polar surface area (TPSA) is 72.6 Å². The van der Waals surface area contributed by atoms with Gasteiger partial charge in [-0.05, 0) is 23.8 Å². The second-order valence-corrected chi connectivity index (χ2v) is 3.78. The lowest BCUT2D eigenvalue weighted by Gasteiger charge is -2.07. The van der Waals surface area contributed by atoms with Gasteiger partial charge in [-0.15, -0.1) is 0 Å². The van der Waals surface area contributed by atoms with Crippen molar-refractivity contribution in [3.63, 3.8) is 0 Å². The van der Waals surface area contributed by atoms with Gasteiger partial charge in [0.2, 0.25) is 0 Å². The van der Waals surface area contributed by atoms with E-state index in [1.807, 2.05) is 0 Å². The molecule has 0 heterocycles. The number of hydrogen-bond donors (Lipinski definition) is 1. The highest BCUT2D eigenvalue weighted by molar-refractivity contribution is 5.40. The molecule has 0 saturated heterocycles. The normalized spacial score (nSPS) is 10.2. The van der Waals surface area contributed by atoms with Gasteiger partial charge < -0.3 is 9.84 Å². The molecule has 2 aromatic rings. The Bertz CT molecular complexity index is 615. The molecule has 0 fully saturated rings. The van der Waals surface area contributed by atoms with E-state index in [4.69, 9.17) is 9.84 Å². The van der Waals surface area contributed by atoms with Gasteiger partial charge in [-0.25, -0.2) is 4.39 Å². The van der Waals surface area contributed by atoms with E-state index in [0.717, 1.165) is 12.1 Å². The lowest BCUT2D eigenvalue weighted by molar-refractivity contribution is -0.385. The van der Waals surface area contributed by atoms with Gasteiger partial charge in [0.05, 0.1) is 17.6 Å². The number of rotatable bonds is 4. The van der Waals surface area contributed by atoms with E-state index in [2.05, 4.69) is 0 Å². The minimum Gasteiger partial charge on any atom is -0.454 e. The number of benzene rings is 2. The summed E-state index contributed by atoms with van der Waals surface area (Å²) in [4.78, 5) is 9.80. The molecule has 6 heteroatoms. The van der Waals surface area contributed by atoms with Crippen molar-refractivity contribution < 1.29 is 19.2 Å². The first-order valence-electron chi connectivity index (χ1n) is 5.42. The molecule has 0 unspecified atom stereocenters. The number of aliphatic hydroxyl groups is 1.